The van der Waals surface area contributed by atoms with Crippen LogP contribution in [0.3, 0.4) is 0 Å². The van der Waals surface area contributed by atoms with Gasteiger partial charge in [0, 0.05) is 30.6 Å². The summed E-state index contributed by atoms with van der Waals surface area (Å²) in [6.07, 6.45) is 4.66. The van der Waals surface area contributed by atoms with Gasteiger partial charge in [0.2, 0.25) is 11.8 Å². The molecule has 21 heavy (non-hydrogen) atoms. The van der Waals surface area contributed by atoms with Crippen LogP contribution in [0.4, 0.5) is 5.13 Å². The summed E-state index contributed by atoms with van der Waals surface area (Å²) in [4.78, 5) is 31.1. The quantitative estimate of drug-likeness (QED) is 0.831. The van der Waals surface area contributed by atoms with Gasteiger partial charge in [-0.05, 0) is 19.8 Å². The summed E-state index contributed by atoms with van der Waals surface area (Å²) in [6.45, 7) is 2.86. The average molecular weight is 311 g/mol. The lowest BCUT2D eigenvalue weighted by molar-refractivity contribution is -0.141. The molecule has 0 aromatic carbocycles. The van der Waals surface area contributed by atoms with Gasteiger partial charge in [-0.25, -0.2) is 4.98 Å². The molecule has 2 rings (SSSR count). The molecule has 0 radical (unpaired) electrons. The molecule has 7 heteroatoms. The average Bonchev–Trinajstić information content (AvgIpc) is 2.77. The number of amides is 2. The highest BCUT2D eigenvalue weighted by Crippen LogP contribution is 2.28. The number of nitrogens with zero attached hydrogens (tertiary/aromatic N) is 2. The van der Waals surface area contributed by atoms with E-state index < -0.39 is 0 Å². The summed E-state index contributed by atoms with van der Waals surface area (Å²) in [7, 11) is 1.59. The van der Waals surface area contributed by atoms with E-state index in [-0.39, 0.29) is 24.3 Å². The molecule has 0 bridgehead atoms. The molecule has 0 spiro atoms. The van der Waals surface area contributed by atoms with Crippen LogP contribution in [-0.4, -0.2) is 48.5 Å². The number of carbonyl (C=O) groups excluding carboxylic acids is 2. The Balaban J connectivity index is 1.90. The van der Waals surface area contributed by atoms with Gasteiger partial charge in [0.25, 0.3) is 0 Å². The first-order chi connectivity index (χ1) is 10.1. The molecule has 0 unspecified atom stereocenters. The van der Waals surface area contributed by atoms with E-state index in [2.05, 4.69) is 10.3 Å². The fourth-order valence-corrected chi connectivity index (χ4v) is 2.81. The number of hydrogen-bond acceptors (Lipinski definition) is 5. The van der Waals surface area contributed by atoms with Gasteiger partial charge in [0.1, 0.15) is 6.54 Å². The summed E-state index contributed by atoms with van der Waals surface area (Å²) in [6, 6.07) is 0. The van der Waals surface area contributed by atoms with E-state index in [1.807, 2.05) is 6.92 Å². The van der Waals surface area contributed by atoms with Crippen molar-refractivity contribution in [2.75, 3.05) is 32.1 Å². The van der Waals surface area contributed by atoms with E-state index in [4.69, 9.17) is 4.74 Å². The van der Waals surface area contributed by atoms with Crippen LogP contribution in [0.15, 0.2) is 6.20 Å². The molecular formula is C14H21N3O3S. The Morgan fingerprint density at radius 1 is 1.52 bits per heavy atom. The number of aromatic nitrogens is 1. The van der Waals surface area contributed by atoms with Crippen LogP contribution in [0.2, 0.25) is 0 Å². The minimum Gasteiger partial charge on any atom is -0.383 e. The van der Waals surface area contributed by atoms with E-state index in [0.29, 0.717) is 18.3 Å². The lowest BCUT2D eigenvalue weighted by Gasteiger charge is -2.31. The fourth-order valence-electron chi connectivity index (χ4n) is 2.13. The van der Waals surface area contributed by atoms with Gasteiger partial charge in [0.15, 0.2) is 5.13 Å². The zero-order valence-electron chi connectivity index (χ0n) is 12.4. The second kappa shape index (κ2) is 7.51. The molecular weight excluding hydrogens is 290 g/mol. The molecule has 1 aromatic heterocycles. The van der Waals surface area contributed by atoms with Crippen LogP contribution in [-0.2, 0) is 14.3 Å². The van der Waals surface area contributed by atoms with E-state index >= 15 is 0 Å². The van der Waals surface area contributed by atoms with Gasteiger partial charge in [-0.2, -0.15) is 0 Å². The Bertz CT molecular complexity index is 499. The second-order valence-corrected chi connectivity index (χ2v) is 6.44. The van der Waals surface area contributed by atoms with Crippen LogP contribution in [0.5, 0.6) is 0 Å². The third-order valence-corrected chi connectivity index (χ3v) is 4.36. The third kappa shape index (κ3) is 4.50. The molecule has 1 N–H and O–H groups in total. The highest BCUT2D eigenvalue weighted by atomic mass is 32.1. The predicted octanol–water partition coefficient (Wildman–Crippen LogP) is 1.67. The van der Waals surface area contributed by atoms with Gasteiger partial charge in [-0.3, -0.25) is 9.59 Å². The Morgan fingerprint density at radius 3 is 2.81 bits per heavy atom. The molecule has 1 saturated carbocycles. The minimum absolute atomic E-state index is 0.0529. The van der Waals surface area contributed by atoms with Crippen LogP contribution >= 0.6 is 11.3 Å². The number of aryl methyl sites for hydroxylation is 1. The van der Waals surface area contributed by atoms with Crippen molar-refractivity contribution in [3.05, 3.63) is 11.1 Å². The van der Waals surface area contributed by atoms with Crippen LogP contribution in [0.25, 0.3) is 0 Å². The number of carbonyl (C=O) groups is 2. The van der Waals surface area contributed by atoms with Crippen molar-refractivity contribution < 1.29 is 14.3 Å². The first-order valence-corrected chi connectivity index (χ1v) is 7.92. The van der Waals surface area contributed by atoms with Gasteiger partial charge in [0.05, 0.1) is 6.61 Å². The van der Waals surface area contributed by atoms with Crippen molar-refractivity contribution in [3.63, 3.8) is 0 Å². The molecule has 116 valence electrons. The van der Waals surface area contributed by atoms with Crippen LogP contribution < -0.4 is 5.32 Å². The monoisotopic (exact) mass is 311 g/mol. The van der Waals surface area contributed by atoms with Crippen molar-refractivity contribution >= 4 is 28.3 Å². The largest absolute Gasteiger partial charge is 0.383 e. The Kier molecular flexibility index (Phi) is 5.69. The Hall–Kier alpha value is -1.47. The maximum Gasteiger partial charge on any atom is 0.245 e. The maximum absolute atomic E-state index is 12.3. The van der Waals surface area contributed by atoms with Gasteiger partial charge >= 0.3 is 0 Å². The summed E-state index contributed by atoms with van der Waals surface area (Å²) in [5, 5.41) is 3.30. The molecule has 1 aromatic rings. The SMILES string of the molecule is COCCN(CC(=O)Nc1ncc(C)s1)C(=O)C1CCC1. The zero-order valence-corrected chi connectivity index (χ0v) is 13.2. The van der Waals surface area contributed by atoms with Gasteiger partial charge in [-0.15, -0.1) is 11.3 Å². The van der Waals surface area contributed by atoms with Crippen LogP contribution in [0.1, 0.15) is 24.1 Å². The number of thiazole rings is 1. The van der Waals surface area contributed by atoms with Crippen molar-refractivity contribution in [3.8, 4) is 0 Å². The van der Waals surface area contributed by atoms with Gasteiger partial charge in [-0.1, -0.05) is 6.42 Å². The summed E-state index contributed by atoms with van der Waals surface area (Å²) < 4.78 is 5.02. The number of methoxy groups -OCH3 is 1. The number of hydrogen-bond donors (Lipinski definition) is 1. The number of ether oxygens (including phenoxy) is 1. The normalized spacial score (nSPS) is 14.6. The standard InChI is InChI=1S/C14H21N3O3S/c1-10-8-15-14(21-10)16-12(18)9-17(6-7-20-2)13(19)11-4-3-5-11/h8,11H,3-7,9H2,1-2H3,(H,15,16,18). The number of nitrogens with one attached hydrogen (secondary N) is 1. The Morgan fingerprint density at radius 2 is 2.29 bits per heavy atom. The summed E-state index contributed by atoms with van der Waals surface area (Å²) in [5.41, 5.74) is 0. The minimum atomic E-state index is -0.215. The third-order valence-electron chi connectivity index (χ3n) is 3.53. The van der Waals surface area contributed by atoms with E-state index in [9.17, 15) is 9.59 Å². The molecule has 1 heterocycles. The lowest BCUT2D eigenvalue weighted by Crippen LogP contribution is -2.44. The van der Waals surface area contributed by atoms with E-state index in [1.165, 1.54) is 11.3 Å². The maximum atomic E-state index is 12.3. The molecule has 1 aliphatic carbocycles. The number of rotatable bonds is 7. The van der Waals surface area contributed by atoms with Gasteiger partial charge < -0.3 is 15.0 Å². The summed E-state index contributed by atoms with van der Waals surface area (Å²) >= 11 is 1.42. The topological polar surface area (TPSA) is 71.5 Å². The predicted molar refractivity (Wildman–Crippen MR) is 81.3 cm³/mol. The van der Waals surface area contributed by atoms with E-state index in [1.54, 1.807) is 18.2 Å². The molecule has 0 atom stereocenters. The molecule has 0 saturated heterocycles. The molecule has 1 aliphatic rings. The first kappa shape index (κ1) is 15.9. The van der Waals surface area contributed by atoms with Crippen molar-refractivity contribution in [2.24, 2.45) is 5.92 Å². The zero-order chi connectivity index (χ0) is 15.2. The molecule has 6 nitrogen and oxygen atoms in total. The molecule has 2 amide bonds. The lowest BCUT2D eigenvalue weighted by atomic mass is 9.84. The summed E-state index contributed by atoms with van der Waals surface area (Å²) in [5.74, 6) is -0.0753. The molecule has 0 aliphatic heterocycles. The highest BCUT2D eigenvalue weighted by Gasteiger charge is 2.30. The Labute approximate surface area is 128 Å². The second-order valence-electron chi connectivity index (χ2n) is 5.20. The van der Waals surface area contributed by atoms with Crippen molar-refractivity contribution in [1.82, 2.24) is 9.88 Å². The number of anilines is 1. The van der Waals surface area contributed by atoms with E-state index in [0.717, 1.165) is 24.1 Å². The van der Waals surface area contributed by atoms with Crippen molar-refractivity contribution in [2.45, 2.75) is 26.2 Å². The first-order valence-electron chi connectivity index (χ1n) is 7.10. The highest BCUT2D eigenvalue weighted by molar-refractivity contribution is 7.15. The van der Waals surface area contributed by atoms with Crippen LogP contribution in [0, 0.1) is 12.8 Å². The smallest absolute Gasteiger partial charge is 0.245 e. The van der Waals surface area contributed by atoms with Crippen molar-refractivity contribution in [1.29, 1.82) is 0 Å². The fraction of sp³-hybridized carbons (Fsp3) is 0.643. The molecule has 1 fully saturated rings.